The number of rotatable bonds is 5. The Balaban J connectivity index is 1.96. The summed E-state index contributed by atoms with van der Waals surface area (Å²) < 4.78 is 72.1. The molecule has 6 nitrogen and oxygen atoms in total. The molecule has 3 rings (SSSR count). The monoisotopic (exact) mass is 400 g/mol. The number of ether oxygens (including phenoxy) is 1. The lowest BCUT2D eigenvalue weighted by atomic mass is 10.1. The molecule has 2 aromatic carbocycles. The summed E-state index contributed by atoms with van der Waals surface area (Å²) in [6.45, 7) is 0. The SMILES string of the molecule is [2H]C1(c2ccc(F)cc2Cl)OC(N)=C(OS(=O)(=O)C([2H])([2H])c2ccccc2)C1=O. The van der Waals surface area contributed by atoms with Gasteiger partial charge in [-0.1, -0.05) is 48.0 Å². The van der Waals surface area contributed by atoms with Crippen LogP contribution in [0.1, 0.15) is 21.3 Å². The van der Waals surface area contributed by atoms with Crippen molar-refractivity contribution < 1.29 is 30.6 Å². The number of benzene rings is 2. The van der Waals surface area contributed by atoms with Gasteiger partial charge in [-0.05, 0) is 17.7 Å². The first-order valence-electron chi connectivity index (χ1n) is 8.59. The highest BCUT2D eigenvalue weighted by Gasteiger charge is 2.40. The standard InChI is InChI=1S/C17H13ClFNO5S/c18-13-8-11(19)6-7-12(13)15-14(21)16(17(20)24-15)25-26(22,23)9-10-4-2-1-3-5-10/h1-8,15H,9,20H2/i9D2,15D. The maximum Gasteiger partial charge on any atom is 0.313 e. The van der Waals surface area contributed by atoms with Crippen molar-refractivity contribution >= 4 is 27.5 Å². The van der Waals surface area contributed by atoms with Gasteiger partial charge in [-0.3, -0.25) is 4.79 Å². The Hall–Kier alpha value is -2.58. The molecule has 0 radical (unpaired) electrons. The molecule has 2 aromatic rings. The first kappa shape index (κ1) is 14.6. The molecule has 1 aliphatic heterocycles. The summed E-state index contributed by atoms with van der Waals surface area (Å²) in [6, 6.07) is 9.62. The number of carbonyl (C=O) groups excluding carboxylic acids is 1. The maximum absolute atomic E-state index is 13.3. The van der Waals surface area contributed by atoms with Gasteiger partial charge in [0.1, 0.15) is 11.5 Å². The quantitative estimate of drug-likeness (QED) is 0.775. The number of Topliss-reactive ketones (excluding diaryl/α,β-unsaturated/α-hetero) is 1. The Bertz CT molecular complexity index is 1130. The van der Waals surface area contributed by atoms with Crippen LogP contribution in [0.2, 0.25) is 5.02 Å². The van der Waals surface area contributed by atoms with E-state index in [0.717, 1.165) is 18.2 Å². The lowest BCUT2D eigenvalue weighted by Crippen LogP contribution is -2.16. The summed E-state index contributed by atoms with van der Waals surface area (Å²) in [5.41, 5.74) is 1.96. The third-order valence-corrected chi connectivity index (χ3v) is 4.42. The van der Waals surface area contributed by atoms with E-state index in [1.807, 2.05) is 0 Å². The fourth-order valence-electron chi connectivity index (χ4n) is 2.13. The molecule has 0 aliphatic carbocycles. The van der Waals surface area contributed by atoms with Gasteiger partial charge in [0.2, 0.25) is 17.4 Å². The molecule has 0 saturated carbocycles. The van der Waals surface area contributed by atoms with Crippen molar-refractivity contribution in [1.82, 2.24) is 0 Å². The van der Waals surface area contributed by atoms with E-state index in [4.69, 9.17) is 26.2 Å². The summed E-state index contributed by atoms with van der Waals surface area (Å²) in [7, 11) is -5.09. The summed E-state index contributed by atoms with van der Waals surface area (Å²) in [5.74, 6) is -3.99. The summed E-state index contributed by atoms with van der Waals surface area (Å²) in [6.07, 6.45) is -2.63. The Morgan fingerprint density at radius 2 is 2.00 bits per heavy atom. The van der Waals surface area contributed by atoms with E-state index in [9.17, 15) is 17.6 Å². The Morgan fingerprint density at radius 3 is 2.65 bits per heavy atom. The molecular formula is C17H13ClFNO5S. The van der Waals surface area contributed by atoms with E-state index in [0.29, 0.717) is 0 Å². The number of ketones is 1. The minimum atomic E-state index is -5.09. The second-order valence-corrected chi connectivity index (χ2v) is 6.77. The van der Waals surface area contributed by atoms with Gasteiger partial charge in [0.15, 0.2) is 6.08 Å². The van der Waals surface area contributed by atoms with Crippen LogP contribution in [0, 0.1) is 5.82 Å². The van der Waals surface area contributed by atoms with Gasteiger partial charge in [0.25, 0.3) is 0 Å². The second kappa shape index (κ2) is 6.97. The fourth-order valence-corrected chi connectivity index (χ4v) is 3.23. The van der Waals surface area contributed by atoms with Crippen LogP contribution in [-0.2, 0) is 29.5 Å². The topological polar surface area (TPSA) is 95.7 Å². The molecule has 1 aliphatic rings. The highest BCUT2D eigenvalue weighted by atomic mass is 35.5. The van der Waals surface area contributed by atoms with E-state index in [1.165, 1.54) is 24.3 Å². The Kier molecular flexibility index (Phi) is 3.91. The number of hydrogen-bond acceptors (Lipinski definition) is 6. The molecule has 0 fully saturated rings. The Morgan fingerprint density at radius 1 is 1.31 bits per heavy atom. The molecular weight excluding hydrogens is 385 g/mol. The molecule has 26 heavy (non-hydrogen) atoms. The first-order valence-corrected chi connectivity index (χ1v) is 8.87. The largest absolute Gasteiger partial charge is 0.460 e. The van der Waals surface area contributed by atoms with Crippen molar-refractivity contribution in [1.29, 1.82) is 0 Å². The van der Waals surface area contributed by atoms with Crippen molar-refractivity contribution in [3.8, 4) is 0 Å². The van der Waals surface area contributed by atoms with Crippen LogP contribution in [0.15, 0.2) is 60.2 Å². The van der Waals surface area contributed by atoms with Gasteiger partial charge in [0, 0.05) is 5.56 Å². The number of carbonyl (C=O) groups is 1. The second-order valence-electron chi connectivity index (χ2n) is 5.08. The van der Waals surface area contributed by atoms with Gasteiger partial charge in [-0.2, -0.15) is 8.42 Å². The number of nitrogens with two attached hydrogens (primary N) is 1. The zero-order valence-electron chi connectivity index (χ0n) is 15.9. The lowest BCUT2D eigenvalue weighted by molar-refractivity contribution is -0.123. The molecule has 2 N–H and O–H groups in total. The zero-order valence-corrected chi connectivity index (χ0v) is 14.5. The van der Waals surface area contributed by atoms with E-state index in [2.05, 4.69) is 4.18 Å². The molecule has 0 spiro atoms. The molecule has 1 heterocycles. The van der Waals surface area contributed by atoms with Gasteiger partial charge in [-0.15, -0.1) is 0 Å². The third kappa shape index (κ3) is 3.81. The van der Waals surface area contributed by atoms with Crippen LogP contribution < -0.4 is 5.73 Å². The molecule has 0 bridgehead atoms. The van der Waals surface area contributed by atoms with Crippen molar-refractivity contribution in [2.45, 2.75) is 11.8 Å². The number of halogens is 2. The Labute approximate surface area is 158 Å². The van der Waals surface area contributed by atoms with E-state index in [-0.39, 0.29) is 16.1 Å². The molecule has 0 aromatic heterocycles. The molecule has 0 amide bonds. The minimum Gasteiger partial charge on any atom is -0.460 e. The minimum absolute atomic E-state index is 0.246. The van der Waals surface area contributed by atoms with Crippen molar-refractivity contribution in [3.63, 3.8) is 0 Å². The molecule has 9 heteroatoms. The highest BCUT2D eigenvalue weighted by Crippen LogP contribution is 2.36. The first-order chi connectivity index (χ1) is 13.4. The number of hydrogen-bond donors (Lipinski definition) is 1. The maximum atomic E-state index is 13.3. The lowest BCUT2D eigenvalue weighted by Gasteiger charge is -2.11. The van der Waals surface area contributed by atoms with Gasteiger partial charge in [-0.25, -0.2) is 4.39 Å². The van der Waals surface area contributed by atoms with E-state index >= 15 is 0 Å². The predicted molar refractivity (Wildman–Crippen MR) is 91.6 cm³/mol. The normalized spacial score (nSPS) is 22.4. The fraction of sp³-hybridized carbons (Fsp3) is 0.118. The van der Waals surface area contributed by atoms with Crippen molar-refractivity contribution in [2.75, 3.05) is 0 Å². The average Bonchev–Trinajstić information content (AvgIpc) is 2.85. The summed E-state index contributed by atoms with van der Waals surface area (Å²) in [5, 5.41) is -0.329. The zero-order chi connectivity index (χ0) is 21.6. The van der Waals surface area contributed by atoms with Crippen molar-refractivity contribution in [2.24, 2.45) is 5.73 Å². The third-order valence-electron chi connectivity index (χ3n) is 3.23. The summed E-state index contributed by atoms with van der Waals surface area (Å²) >= 11 is 5.88. The van der Waals surface area contributed by atoms with Gasteiger partial charge < -0.3 is 14.7 Å². The van der Waals surface area contributed by atoms with Crippen LogP contribution in [0.5, 0.6) is 0 Å². The van der Waals surface area contributed by atoms with E-state index in [1.54, 1.807) is 6.07 Å². The predicted octanol–water partition coefficient (Wildman–Crippen LogP) is 2.79. The summed E-state index contributed by atoms with van der Waals surface area (Å²) in [4.78, 5) is 12.7. The van der Waals surface area contributed by atoms with E-state index < -0.39 is 45.1 Å². The smallest absolute Gasteiger partial charge is 0.313 e. The van der Waals surface area contributed by atoms with Crippen LogP contribution in [0.4, 0.5) is 4.39 Å². The van der Waals surface area contributed by atoms with Crippen LogP contribution in [0.3, 0.4) is 0 Å². The van der Waals surface area contributed by atoms with Gasteiger partial charge >= 0.3 is 10.1 Å². The van der Waals surface area contributed by atoms with Crippen LogP contribution in [-0.4, -0.2) is 14.2 Å². The molecule has 1 atom stereocenters. The van der Waals surface area contributed by atoms with Crippen LogP contribution >= 0.6 is 11.6 Å². The van der Waals surface area contributed by atoms with Crippen molar-refractivity contribution in [3.05, 3.63) is 82.1 Å². The van der Waals surface area contributed by atoms with Crippen LogP contribution in [0.25, 0.3) is 0 Å². The average molecular weight is 401 g/mol. The molecule has 1 unspecified atom stereocenters. The molecule has 0 saturated heterocycles. The molecule has 136 valence electrons. The van der Waals surface area contributed by atoms with Gasteiger partial charge in [0.05, 0.1) is 9.13 Å². The highest BCUT2D eigenvalue weighted by molar-refractivity contribution is 7.86.